The van der Waals surface area contributed by atoms with Crippen LogP contribution in [0.15, 0.2) is 0 Å². The summed E-state index contributed by atoms with van der Waals surface area (Å²) in [7, 11) is -2.30. The lowest BCUT2D eigenvalue weighted by Crippen LogP contribution is -2.37. The molecule has 0 aromatic heterocycles. The maximum absolute atomic E-state index is 10.2. The van der Waals surface area contributed by atoms with Crippen molar-refractivity contribution in [2.24, 2.45) is 0 Å². The van der Waals surface area contributed by atoms with Crippen molar-refractivity contribution in [2.45, 2.75) is 13.1 Å². The Labute approximate surface area is 48.9 Å². The fourth-order valence-electron chi connectivity index (χ4n) is 0.0617. The van der Waals surface area contributed by atoms with Gasteiger partial charge >= 0.3 is 0 Å². The molecule has 0 radical (unpaired) electrons. The Kier molecular flexibility index (Phi) is 1.92. The molecule has 0 unspecified atom stereocenters. The number of hydrogen-bond acceptors (Lipinski definition) is 2. The minimum atomic E-state index is -2.30. The quantitative estimate of drug-likeness (QED) is 0.436. The summed E-state index contributed by atoms with van der Waals surface area (Å²) in [6, 6.07) is 0. The van der Waals surface area contributed by atoms with Gasteiger partial charge in [-0.2, -0.15) is 0 Å². The van der Waals surface area contributed by atoms with Gasteiger partial charge in [0.15, 0.2) is 0 Å². The Morgan fingerprint density at radius 3 is 2.12 bits per heavy atom. The average Bonchev–Trinajstić information content (AvgIpc) is 1.67. The van der Waals surface area contributed by atoms with Crippen LogP contribution in [-0.2, 0) is 0 Å². The molecule has 46 valence electrons. The molecule has 0 amide bonds. The summed E-state index contributed by atoms with van der Waals surface area (Å²) in [5.41, 5.74) is -0.826. The van der Waals surface area contributed by atoms with Crippen molar-refractivity contribution in [1.29, 1.82) is 5.41 Å². The lowest BCUT2D eigenvalue weighted by molar-refractivity contribution is 0.218. The third-order valence-corrected chi connectivity index (χ3v) is 2.74. The Morgan fingerprint density at radius 1 is 1.75 bits per heavy atom. The van der Waals surface area contributed by atoms with Crippen molar-refractivity contribution in [3.05, 3.63) is 0 Å². The molecule has 0 saturated carbocycles. The summed E-state index contributed by atoms with van der Waals surface area (Å²) in [5, 5.41) is 15.0. The summed E-state index contributed by atoms with van der Waals surface area (Å²) in [6.07, 6.45) is 0. The average molecular weight is 131 g/mol. The van der Waals surface area contributed by atoms with Gasteiger partial charge in [0, 0.05) is 0 Å². The fraction of sp³-hybridized carbons (Fsp3) is 0.500. The largest absolute Gasteiger partial charge is 0.485 e. The molecule has 0 aliphatic heterocycles. The van der Waals surface area contributed by atoms with Crippen LogP contribution in [0.5, 0.6) is 0 Å². The van der Waals surface area contributed by atoms with Crippen LogP contribution in [0.2, 0.25) is 13.1 Å². The maximum atomic E-state index is 10.2. The van der Waals surface area contributed by atoms with Crippen LogP contribution in [0.1, 0.15) is 0 Å². The van der Waals surface area contributed by atoms with Gasteiger partial charge in [0.25, 0.3) is 5.59 Å². The summed E-state index contributed by atoms with van der Waals surface area (Å²) < 4.78 is 0. The van der Waals surface area contributed by atoms with Crippen LogP contribution >= 0.6 is 0 Å². The van der Waals surface area contributed by atoms with Crippen LogP contribution < -0.4 is 0 Å². The highest BCUT2D eigenvalue weighted by molar-refractivity contribution is 7.19. The molecule has 0 aliphatic rings. The van der Waals surface area contributed by atoms with E-state index in [0.717, 1.165) is 5.84 Å². The molecule has 4 heteroatoms. The molecule has 8 heavy (non-hydrogen) atoms. The van der Waals surface area contributed by atoms with Gasteiger partial charge in [-0.05, 0) is 5.84 Å². The van der Waals surface area contributed by atoms with E-state index in [1.807, 2.05) is 0 Å². The van der Waals surface area contributed by atoms with E-state index in [0.29, 0.717) is 0 Å². The van der Waals surface area contributed by atoms with Gasteiger partial charge in [0.1, 0.15) is 0 Å². The summed E-state index contributed by atoms with van der Waals surface area (Å²) in [5.74, 6) is 1.05. The van der Waals surface area contributed by atoms with E-state index in [1.54, 1.807) is 13.1 Å². The van der Waals surface area contributed by atoms with Crippen LogP contribution in [0.3, 0.4) is 0 Å². The molecule has 0 aliphatic carbocycles. The van der Waals surface area contributed by atoms with Crippen LogP contribution in [0, 0.1) is 5.41 Å². The third-order valence-electron chi connectivity index (χ3n) is 0.912. The lowest BCUT2D eigenvalue weighted by atomic mass is 11.6. The molecule has 0 atom stereocenters. The highest BCUT2D eigenvalue weighted by atomic mass is 28.3. The Hall–Kier alpha value is -0.643. The van der Waals surface area contributed by atoms with Crippen molar-refractivity contribution in [3.63, 3.8) is 0 Å². The molecule has 0 aromatic carbocycles. The third kappa shape index (κ3) is 1.46. The van der Waals surface area contributed by atoms with E-state index < -0.39 is 13.7 Å². The predicted octanol–water partition coefficient (Wildman–Crippen LogP) is 1.14. The first-order chi connectivity index (χ1) is 3.50. The molecule has 2 N–H and O–H groups in total. The zero-order chi connectivity index (χ0) is 6.78. The van der Waals surface area contributed by atoms with E-state index in [-0.39, 0.29) is 0 Å². The molecule has 0 bridgehead atoms. The van der Waals surface area contributed by atoms with Crippen molar-refractivity contribution in [2.75, 3.05) is 0 Å². The van der Waals surface area contributed by atoms with Crippen LogP contribution in [-0.4, -0.2) is 24.6 Å². The maximum Gasteiger partial charge on any atom is 0.275 e. The highest BCUT2D eigenvalue weighted by Crippen LogP contribution is 1.96. The minimum absolute atomic E-state index is 0.826. The van der Waals surface area contributed by atoms with Crippen molar-refractivity contribution >= 4 is 19.5 Å². The normalized spacial score (nSPS) is 10.8. The Balaban J connectivity index is 4.12. The Bertz CT molecular complexity index is 121. The second kappa shape index (κ2) is 2.08. The summed E-state index contributed by atoms with van der Waals surface area (Å²) >= 11 is 0. The topological polar surface area (TPSA) is 61.2 Å². The second-order valence-corrected chi connectivity index (χ2v) is 6.33. The van der Waals surface area contributed by atoms with Crippen LogP contribution in [0.25, 0.3) is 0 Å². The molecule has 0 fully saturated rings. The predicted molar refractivity (Wildman–Crippen MR) is 34.3 cm³/mol. The molecule has 0 rings (SSSR count). The molecule has 0 aromatic rings. The van der Waals surface area contributed by atoms with Gasteiger partial charge in [0.05, 0.1) is 0 Å². The van der Waals surface area contributed by atoms with Crippen molar-refractivity contribution < 1.29 is 9.90 Å². The Morgan fingerprint density at radius 2 is 2.12 bits per heavy atom. The van der Waals surface area contributed by atoms with Gasteiger partial charge < -0.3 is 10.5 Å². The number of carboxylic acid groups (broad SMARTS) is 1. The number of rotatable bonds is 2. The fourth-order valence-corrected chi connectivity index (χ4v) is 0.185. The molecule has 0 heterocycles. The molecular formula is C4H9NO2Si. The van der Waals surface area contributed by atoms with E-state index in [2.05, 4.69) is 0 Å². The van der Waals surface area contributed by atoms with E-state index in [1.165, 1.54) is 0 Å². The zero-order valence-electron chi connectivity index (χ0n) is 4.93. The zero-order valence-corrected chi connectivity index (χ0v) is 5.93. The number of carbonyl (C=O) groups is 1. The minimum Gasteiger partial charge on any atom is -0.485 e. The first-order valence-electron chi connectivity index (χ1n) is 2.26. The molecule has 0 spiro atoms. The monoisotopic (exact) mass is 131 g/mol. The van der Waals surface area contributed by atoms with E-state index in [9.17, 15) is 4.79 Å². The number of nitrogens with one attached hydrogen (secondary N) is 1. The SMILES string of the molecule is C[Si](C)(C=N)C(=O)O. The smallest absolute Gasteiger partial charge is 0.275 e. The van der Waals surface area contributed by atoms with Gasteiger partial charge in [-0.1, -0.05) is 13.1 Å². The van der Waals surface area contributed by atoms with E-state index >= 15 is 0 Å². The van der Waals surface area contributed by atoms with Gasteiger partial charge in [-0.15, -0.1) is 0 Å². The highest BCUT2D eigenvalue weighted by Gasteiger charge is 2.27. The number of hydrogen-bond donors (Lipinski definition) is 2. The van der Waals surface area contributed by atoms with Gasteiger partial charge in [-0.3, -0.25) is 4.79 Å². The van der Waals surface area contributed by atoms with Gasteiger partial charge in [-0.25, -0.2) is 0 Å². The summed E-state index contributed by atoms with van der Waals surface area (Å²) in [4.78, 5) is 10.2. The van der Waals surface area contributed by atoms with Gasteiger partial charge in [0.2, 0.25) is 8.07 Å². The molecule has 3 nitrogen and oxygen atoms in total. The second-order valence-electron chi connectivity index (χ2n) is 2.17. The van der Waals surface area contributed by atoms with E-state index in [4.69, 9.17) is 10.5 Å². The van der Waals surface area contributed by atoms with Crippen LogP contribution in [0.4, 0.5) is 4.79 Å². The van der Waals surface area contributed by atoms with Crippen molar-refractivity contribution in [1.82, 2.24) is 0 Å². The standard InChI is InChI=1S/C4H9NO2Si/c1-8(2,3-5)4(6)7/h3,5H,1-2H3,(H,6,7). The first-order valence-corrected chi connectivity index (χ1v) is 5.33. The summed E-state index contributed by atoms with van der Waals surface area (Å²) in [6.45, 7) is 3.23. The molecular weight excluding hydrogens is 122 g/mol. The van der Waals surface area contributed by atoms with Crippen molar-refractivity contribution in [3.8, 4) is 0 Å². The first kappa shape index (κ1) is 7.36. The lowest BCUT2D eigenvalue weighted by Gasteiger charge is -2.05. The molecule has 0 saturated heterocycles.